The first-order chi connectivity index (χ1) is 8.83. The number of ether oxygens (including phenoxy) is 1. The highest BCUT2D eigenvalue weighted by Crippen LogP contribution is 2.31. The van der Waals surface area contributed by atoms with Crippen molar-refractivity contribution in [3.63, 3.8) is 0 Å². The molecule has 1 aliphatic rings. The number of carboxylic acids is 1. The second-order valence-corrected chi connectivity index (χ2v) is 6.62. The Hall–Kier alpha value is -1.14. The first-order valence-corrected chi connectivity index (χ1v) is 7.27. The lowest BCUT2D eigenvalue weighted by atomic mass is 9.90. The molecule has 0 atom stereocenters. The molecule has 1 fully saturated rings. The molecular weight excluding hydrogens is 264 g/mol. The summed E-state index contributed by atoms with van der Waals surface area (Å²) in [6, 6.07) is 0. The van der Waals surface area contributed by atoms with E-state index in [0.29, 0.717) is 5.69 Å². The minimum Gasteiger partial charge on any atom is -0.481 e. The van der Waals surface area contributed by atoms with Crippen molar-refractivity contribution < 1.29 is 14.6 Å². The maximum atomic E-state index is 11.2. The molecule has 5 nitrogen and oxygen atoms in total. The summed E-state index contributed by atoms with van der Waals surface area (Å²) in [4.78, 5) is 15.6. The smallest absolute Gasteiger partial charge is 0.315 e. The van der Waals surface area contributed by atoms with Gasteiger partial charge in [0, 0.05) is 24.1 Å². The van der Waals surface area contributed by atoms with Crippen LogP contribution in [0.1, 0.15) is 39.3 Å². The number of aromatic nitrogens is 1. The van der Waals surface area contributed by atoms with E-state index in [-0.39, 0.29) is 5.54 Å². The highest BCUT2D eigenvalue weighted by molar-refractivity contribution is 7.13. The molecule has 0 aliphatic carbocycles. The Bertz CT molecular complexity index is 464. The molecule has 0 saturated carbocycles. The molecular formula is C13H20N2O3S. The molecule has 0 amide bonds. The van der Waals surface area contributed by atoms with Crippen LogP contribution in [0.15, 0.2) is 5.38 Å². The van der Waals surface area contributed by atoms with E-state index in [1.54, 1.807) is 13.8 Å². The van der Waals surface area contributed by atoms with E-state index in [0.717, 1.165) is 31.2 Å². The zero-order valence-electron chi connectivity index (χ0n) is 11.5. The Morgan fingerprint density at radius 3 is 2.74 bits per heavy atom. The highest BCUT2D eigenvalue weighted by Gasteiger charge is 2.33. The third kappa shape index (κ3) is 3.06. The van der Waals surface area contributed by atoms with E-state index in [9.17, 15) is 9.90 Å². The van der Waals surface area contributed by atoms with Gasteiger partial charge in [-0.2, -0.15) is 0 Å². The van der Waals surface area contributed by atoms with Crippen molar-refractivity contribution >= 4 is 22.4 Å². The lowest BCUT2D eigenvalue weighted by Gasteiger charge is -2.34. The van der Waals surface area contributed by atoms with Gasteiger partial charge in [0.15, 0.2) is 5.13 Å². The summed E-state index contributed by atoms with van der Waals surface area (Å²) < 4.78 is 5.36. The molecule has 2 N–H and O–H groups in total. The third-order valence-corrected chi connectivity index (χ3v) is 4.44. The van der Waals surface area contributed by atoms with Gasteiger partial charge in [0.25, 0.3) is 0 Å². The van der Waals surface area contributed by atoms with Crippen molar-refractivity contribution in [2.24, 2.45) is 0 Å². The van der Waals surface area contributed by atoms with E-state index in [1.807, 2.05) is 5.38 Å². The summed E-state index contributed by atoms with van der Waals surface area (Å²) >= 11 is 1.46. The van der Waals surface area contributed by atoms with E-state index >= 15 is 0 Å². The molecule has 6 heteroatoms. The highest BCUT2D eigenvalue weighted by atomic mass is 32.1. The van der Waals surface area contributed by atoms with Crippen LogP contribution in [0.3, 0.4) is 0 Å². The summed E-state index contributed by atoms with van der Waals surface area (Å²) in [5.74, 6) is -0.860. The maximum Gasteiger partial charge on any atom is 0.315 e. The molecule has 106 valence electrons. The molecule has 1 aromatic heterocycles. The van der Waals surface area contributed by atoms with Gasteiger partial charge < -0.3 is 15.2 Å². The van der Waals surface area contributed by atoms with Gasteiger partial charge in [0.2, 0.25) is 0 Å². The normalized spacial score (nSPS) is 19.1. The van der Waals surface area contributed by atoms with E-state index < -0.39 is 11.4 Å². The number of thiazole rings is 1. The van der Waals surface area contributed by atoms with Gasteiger partial charge in [-0.15, -0.1) is 11.3 Å². The Labute approximate surface area is 117 Å². The molecule has 0 bridgehead atoms. The molecule has 19 heavy (non-hydrogen) atoms. The van der Waals surface area contributed by atoms with Gasteiger partial charge in [-0.3, -0.25) is 4.79 Å². The first-order valence-electron chi connectivity index (χ1n) is 6.39. The standard InChI is InChI=1S/C13H20N2O3S/c1-12(2,10(16)17)9-8-19-11(14-9)15-13(3)4-6-18-7-5-13/h8H,4-7H2,1-3H3,(H,14,15)(H,16,17). The minimum atomic E-state index is -0.951. The SMILES string of the molecule is CC1(Nc2nc(C(C)(C)C(=O)O)cs2)CCOCC1. The molecule has 1 aliphatic heterocycles. The average molecular weight is 284 g/mol. The van der Waals surface area contributed by atoms with Gasteiger partial charge in [0.05, 0.1) is 5.69 Å². The molecule has 2 heterocycles. The topological polar surface area (TPSA) is 71.5 Å². The van der Waals surface area contributed by atoms with E-state index in [2.05, 4.69) is 17.2 Å². The van der Waals surface area contributed by atoms with Gasteiger partial charge >= 0.3 is 5.97 Å². The number of anilines is 1. The van der Waals surface area contributed by atoms with Crippen LogP contribution in [-0.2, 0) is 14.9 Å². The predicted octanol–water partition coefficient (Wildman–Crippen LogP) is 2.49. The summed E-state index contributed by atoms with van der Waals surface area (Å²) in [5.41, 5.74) is -0.364. The number of aliphatic carboxylic acids is 1. The van der Waals surface area contributed by atoms with Crippen LogP contribution >= 0.6 is 11.3 Å². The zero-order chi connectivity index (χ0) is 14.1. The van der Waals surface area contributed by atoms with Crippen LogP contribution in [0, 0.1) is 0 Å². The number of carboxylic acid groups (broad SMARTS) is 1. The molecule has 1 aromatic rings. The number of nitrogens with one attached hydrogen (secondary N) is 1. The fraction of sp³-hybridized carbons (Fsp3) is 0.692. The van der Waals surface area contributed by atoms with Crippen LogP contribution in [0.4, 0.5) is 5.13 Å². The Balaban J connectivity index is 2.11. The van der Waals surface area contributed by atoms with Crippen molar-refractivity contribution in [3.05, 3.63) is 11.1 Å². The summed E-state index contributed by atoms with van der Waals surface area (Å²) in [7, 11) is 0. The molecule has 0 radical (unpaired) electrons. The Kier molecular flexibility index (Phi) is 3.82. The van der Waals surface area contributed by atoms with Crippen molar-refractivity contribution in [3.8, 4) is 0 Å². The third-order valence-electron chi connectivity index (χ3n) is 3.68. The van der Waals surface area contributed by atoms with Gasteiger partial charge in [-0.1, -0.05) is 0 Å². The molecule has 0 unspecified atom stereocenters. The minimum absolute atomic E-state index is 0.0132. The van der Waals surface area contributed by atoms with Crippen LogP contribution < -0.4 is 5.32 Å². The zero-order valence-corrected chi connectivity index (χ0v) is 12.3. The van der Waals surface area contributed by atoms with Gasteiger partial charge in [-0.05, 0) is 33.6 Å². The fourth-order valence-electron chi connectivity index (χ4n) is 1.93. The van der Waals surface area contributed by atoms with Crippen LogP contribution in [0.25, 0.3) is 0 Å². The lowest BCUT2D eigenvalue weighted by molar-refractivity contribution is -0.142. The quantitative estimate of drug-likeness (QED) is 0.888. The van der Waals surface area contributed by atoms with Crippen molar-refractivity contribution in [1.29, 1.82) is 0 Å². The maximum absolute atomic E-state index is 11.2. The summed E-state index contributed by atoms with van der Waals surface area (Å²) in [6.45, 7) is 7.00. The largest absolute Gasteiger partial charge is 0.481 e. The number of rotatable bonds is 4. The monoisotopic (exact) mass is 284 g/mol. The van der Waals surface area contributed by atoms with Crippen LogP contribution in [-0.4, -0.2) is 34.8 Å². The number of nitrogens with zero attached hydrogens (tertiary/aromatic N) is 1. The molecule has 0 aromatic carbocycles. The van der Waals surface area contributed by atoms with Gasteiger partial charge in [0.1, 0.15) is 5.41 Å². The second-order valence-electron chi connectivity index (χ2n) is 5.77. The number of hydrogen-bond donors (Lipinski definition) is 2. The predicted molar refractivity (Wildman–Crippen MR) is 74.9 cm³/mol. The van der Waals surface area contributed by atoms with Crippen molar-refractivity contribution in [2.45, 2.75) is 44.6 Å². The van der Waals surface area contributed by atoms with E-state index in [1.165, 1.54) is 11.3 Å². The van der Waals surface area contributed by atoms with E-state index in [4.69, 9.17) is 4.74 Å². The average Bonchev–Trinajstić information content (AvgIpc) is 2.78. The second kappa shape index (κ2) is 5.09. The van der Waals surface area contributed by atoms with Crippen LogP contribution in [0.2, 0.25) is 0 Å². The Morgan fingerprint density at radius 2 is 2.16 bits per heavy atom. The molecule has 0 spiro atoms. The van der Waals surface area contributed by atoms with Crippen molar-refractivity contribution in [1.82, 2.24) is 4.98 Å². The molecule has 2 rings (SSSR count). The van der Waals surface area contributed by atoms with Gasteiger partial charge in [-0.25, -0.2) is 4.98 Å². The summed E-state index contributed by atoms with van der Waals surface area (Å²) in [5, 5.41) is 15.2. The molecule has 1 saturated heterocycles. The lowest BCUT2D eigenvalue weighted by Crippen LogP contribution is -2.40. The fourth-order valence-corrected chi connectivity index (χ4v) is 2.96. The van der Waals surface area contributed by atoms with Crippen LogP contribution in [0.5, 0.6) is 0 Å². The first kappa shape index (κ1) is 14.3. The van der Waals surface area contributed by atoms with Crippen molar-refractivity contribution in [2.75, 3.05) is 18.5 Å². The Morgan fingerprint density at radius 1 is 1.53 bits per heavy atom. The summed E-state index contributed by atoms with van der Waals surface area (Å²) in [6.07, 6.45) is 1.87. The number of hydrogen-bond acceptors (Lipinski definition) is 5. The number of carbonyl (C=O) groups is 1.